The van der Waals surface area contributed by atoms with Gasteiger partial charge in [-0.1, -0.05) is 12.1 Å². The van der Waals surface area contributed by atoms with Gasteiger partial charge in [-0.05, 0) is 61.9 Å². The first-order valence-electron chi connectivity index (χ1n) is 6.37. The van der Waals surface area contributed by atoms with Crippen LogP contribution in [0.25, 0.3) is 0 Å². The third kappa shape index (κ3) is 2.28. The molecule has 0 aromatic heterocycles. The Hall–Kier alpha value is -0.470. The molecule has 0 atom stereocenters. The minimum Gasteiger partial charge on any atom is -0.317 e. The van der Waals surface area contributed by atoms with Crippen LogP contribution in [0.2, 0.25) is 0 Å². The summed E-state index contributed by atoms with van der Waals surface area (Å²) in [6.07, 6.45) is 5.26. The van der Waals surface area contributed by atoms with E-state index in [0.717, 1.165) is 5.92 Å². The van der Waals surface area contributed by atoms with E-state index in [1.165, 1.54) is 44.5 Å². The number of piperidine rings is 1. The van der Waals surface area contributed by atoms with Crippen molar-refractivity contribution >= 4 is 11.8 Å². The fourth-order valence-electron chi connectivity index (χ4n) is 2.76. The second kappa shape index (κ2) is 4.80. The van der Waals surface area contributed by atoms with Crippen molar-refractivity contribution in [3.8, 4) is 0 Å². The molecule has 0 saturated carbocycles. The normalized spacial score (nSPS) is 21.0. The summed E-state index contributed by atoms with van der Waals surface area (Å²) in [6.45, 7) is 2.43. The average molecular weight is 233 g/mol. The maximum absolute atomic E-state index is 3.44. The zero-order chi connectivity index (χ0) is 10.8. The molecule has 1 N–H and O–H groups in total. The van der Waals surface area contributed by atoms with Gasteiger partial charge in [-0.15, -0.1) is 11.8 Å². The maximum Gasteiger partial charge on any atom is 0.0107 e. The van der Waals surface area contributed by atoms with Crippen LogP contribution >= 0.6 is 11.8 Å². The van der Waals surface area contributed by atoms with Crippen molar-refractivity contribution in [1.29, 1.82) is 0 Å². The zero-order valence-electron chi connectivity index (χ0n) is 9.67. The van der Waals surface area contributed by atoms with Gasteiger partial charge >= 0.3 is 0 Å². The van der Waals surface area contributed by atoms with Gasteiger partial charge in [-0.2, -0.15) is 0 Å². The van der Waals surface area contributed by atoms with Gasteiger partial charge in [0.1, 0.15) is 0 Å². The molecule has 1 aromatic carbocycles. The Morgan fingerprint density at radius 2 is 2.12 bits per heavy atom. The lowest BCUT2D eigenvalue weighted by Gasteiger charge is -2.22. The predicted octanol–water partition coefficient (Wildman–Crippen LogP) is 2.88. The van der Waals surface area contributed by atoms with Gasteiger partial charge in [0, 0.05) is 10.6 Å². The number of aryl methyl sites for hydroxylation is 1. The van der Waals surface area contributed by atoms with E-state index in [1.807, 2.05) is 11.8 Å². The van der Waals surface area contributed by atoms with Gasteiger partial charge in [-0.3, -0.25) is 0 Å². The highest BCUT2D eigenvalue weighted by molar-refractivity contribution is 7.99. The molecule has 2 aliphatic heterocycles. The standard InChI is InChI=1S/C14H19NS/c1-2-13-5-8-16-14(13)10-12(1)9-11-3-6-15-7-4-11/h1-2,10-11,15H,3-9H2. The van der Waals surface area contributed by atoms with Gasteiger partial charge in [-0.25, -0.2) is 0 Å². The molecule has 2 heteroatoms. The molecule has 16 heavy (non-hydrogen) atoms. The summed E-state index contributed by atoms with van der Waals surface area (Å²) in [7, 11) is 0. The summed E-state index contributed by atoms with van der Waals surface area (Å²) in [5.41, 5.74) is 3.12. The number of rotatable bonds is 2. The van der Waals surface area contributed by atoms with Crippen molar-refractivity contribution < 1.29 is 0 Å². The third-order valence-electron chi connectivity index (χ3n) is 3.74. The zero-order valence-corrected chi connectivity index (χ0v) is 10.5. The number of benzene rings is 1. The first-order valence-corrected chi connectivity index (χ1v) is 7.36. The van der Waals surface area contributed by atoms with Crippen molar-refractivity contribution in [2.45, 2.75) is 30.6 Å². The lowest BCUT2D eigenvalue weighted by Crippen LogP contribution is -2.28. The number of fused-ring (bicyclic) bond motifs is 1. The Labute approximate surface area is 102 Å². The van der Waals surface area contributed by atoms with Gasteiger partial charge in [0.15, 0.2) is 0 Å². The van der Waals surface area contributed by atoms with Crippen LogP contribution in [-0.2, 0) is 12.8 Å². The van der Waals surface area contributed by atoms with E-state index in [0.29, 0.717) is 0 Å². The molecule has 86 valence electrons. The Kier molecular flexibility index (Phi) is 3.20. The Bertz CT molecular complexity index is 369. The lowest BCUT2D eigenvalue weighted by atomic mass is 9.90. The van der Waals surface area contributed by atoms with Crippen LogP contribution in [0.1, 0.15) is 24.0 Å². The molecule has 1 aromatic rings. The predicted molar refractivity (Wildman–Crippen MR) is 70.2 cm³/mol. The van der Waals surface area contributed by atoms with Gasteiger partial charge in [0.25, 0.3) is 0 Å². The summed E-state index contributed by atoms with van der Waals surface area (Å²) in [5, 5.41) is 3.44. The monoisotopic (exact) mass is 233 g/mol. The molecule has 2 heterocycles. The highest BCUT2D eigenvalue weighted by Crippen LogP contribution is 2.32. The van der Waals surface area contributed by atoms with Gasteiger partial charge in [0.05, 0.1) is 0 Å². The van der Waals surface area contributed by atoms with E-state index < -0.39 is 0 Å². The molecule has 1 saturated heterocycles. The minimum absolute atomic E-state index is 0.908. The van der Waals surface area contributed by atoms with E-state index in [9.17, 15) is 0 Å². The van der Waals surface area contributed by atoms with Crippen LogP contribution in [0, 0.1) is 5.92 Å². The molecule has 2 aliphatic rings. The highest BCUT2D eigenvalue weighted by atomic mass is 32.2. The molecule has 0 spiro atoms. The molecule has 0 radical (unpaired) electrons. The molecular weight excluding hydrogens is 214 g/mol. The van der Waals surface area contributed by atoms with E-state index >= 15 is 0 Å². The number of hydrogen-bond acceptors (Lipinski definition) is 2. The van der Waals surface area contributed by atoms with Crippen molar-refractivity contribution in [3.05, 3.63) is 29.3 Å². The first-order chi connectivity index (χ1) is 7.92. The summed E-state index contributed by atoms with van der Waals surface area (Å²) in [6, 6.07) is 7.15. The molecule has 3 rings (SSSR count). The lowest BCUT2D eigenvalue weighted by molar-refractivity contribution is 0.372. The summed E-state index contributed by atoms with van der Waals surface area (Å²) < 4.78 is 0. The largest absolute Gasteiger partial charge is 0.317 e. The van der Waals surface area contributed by atoms with Crippen molar-refractivity contribution in [1.82, 2.24) is 5.32 Å². The summed E-state index contributed by atoms with van der Waals surface area (Å²) in [4.78, 5) is 1.55. The number of thioether (sulfide) groups is 1. The topological polar surface area (TPSA) is 12.0 Å². The Balaban J connectivity index is 1.69. The number of hydrogen-bond donors (Lipinski definition) is 1. The summed E-state index contributed by atoms with van der Waals surface area (Å²) in [5.74, 6) is 2.19. The summed E-state index contributed by atoms with van der Waals surface area (Å²) >= 11 is 2.03. The van der Waals surface area contributed by atoms with Crippen LogP contribution in [0.3, 0.4) is 0 Å². The Morgan fingerprint density at radius 1 is 1.25 bits per heavy atom. The van der Waals surface area contributed by atoms with E-state index in [4.69, 9.17) is 0 Å². The molecule has 0 aliphatic carbocycles. The minimum atomic E-state index is 0.908. The molecule has 0 unspecified atom stereocenters. The first kappa shape index (κ1) is 10.7. The SMILES string of the molecule is c1cc2c(cc1CC1CCNCC1)SCC2. The molecule has 1 nitrogen and oxygen atoms in total. The fraction of sp³-hybridized carbons (Fsp3) is 0.571. The smallest absolute Gasteiger partial charge is 0.0107 e. The van der Waals surface area contributed by atoms with Crippen LogP contribution in [0.4, 0.5) is 0 Å². The highest BCUT2D eigenvalue weighted by Gasteiger charge is 2.16. The quantitative estimate of drug-likeness (QED) is 0.843. The van der Waals surface area contributed by atoms with E-state index in [1.54, 1.807) is 16.0 Å². The fourth-order valence-corrected chi connectivity index (χ4v) is 3.89. The number of nitrogens with one attached hydrogen (secondary N) is 1. The average Bonchev–Trinajstić information content (AvgIpc) is 2.77. The molecule has 0 amide bonds. The van der Waals surface area contributed by atoms with Crippen molar-refractivity contribution in [2.24, 2.45) is 5.92 Å². The van der Waals surface area contributed by atoms with Crippen LogP contribution in [-0.4, -0.2) is 18.8 Å². The van der Waals surface area contributed by atoms with E-state index in [2.05, 4.69) is 23.5 Å². The molecule has 0 bridgehead atoms. The van der Waals surface area contributed by atoms with Crippen molar-refractivity contribution in [3.63, 3.8) is 0 Å². The second-order valence-corrected chi connectivity index (χ2v) is 6.07. The third-order valence-corrected chi connectivity index (χ3v) is 4.84. The van der Waals surface area contributed by atoms with Gasteiger partial charge < -0.3 is 5.32 Å². The van der Waals surface area contributed by atoms with Crippen LogP contribution in [0.15, 0.2) is 23.1 Å². The molecule has 1 fully saturated rings. The van der Waals surface area contributed by atoms with Gasteiger partial charge in [0.2, 0.25) is 0 Å². The molecular formula is C14H19NS. The van der Waals surface area contributed by atoms with E-state index in [-0.39, 0.29) is 0 Å². The van der Waals surface area contributed by atoms with Crippen LogP contribution in [0.5, 0.6) is 0 Å². The Morgan fingerprint density at radius 3 is 3.00 bits per heavy atom. The van der Waals surface area contributed by atoms with Crippen molar-refractivity contribution in [2.75, 3.05) is 18.8 Å². The second-order valence-electron chi connectivity index (χ2n) is 4.94. The maximum atomic E-state index is 3.44. The van der Waals surface area contributed by atoms with Crippen LogP contribution < -0.4 is 5.32 Å².